The van der Waals surface area contributed by atoms with Gasteiger partial charge in [-0.2, -0.15) is 0 Å². The van der Waals surface area contributed by atoms with Crippen molar-refractivity contribution in [1.82, 2.24) is 4.90 Å². The molecule has 2 fully saturated rings. The molecule has 142 valence electrons. The molecule has 26 heavy (non-hydrogen) atoms. The van der Waals surface area contributed by atoms with Crippen LogP contribution in [0.25, 0.3) is 0 Å². The molecule has 0 unspecified atom stereocenters. The number of benzene rings is 1. The first-order valence-corrected chi connectivity index (χ1v) is 9.89. The third-order valence-corrected chi connectivity index (χ3v) is 5.40. The van der Waals surface area contributed by atoms with Crippen molar-refractivity contribution in [2.45, 2.75) is 52.0 Å². The van der Waals surface area contributed by atoms with Crippen molar-refractivity contribution < 1.29 is 9.59 Å². The minimum atomic E-state index is 0.124. The van der Waals surface area contributed by atoms with Crippen molar-refractivity contribution in [3.05, 3.63) is 23.8 Å². The predicted molar refractivity (Wildman–Crippen MR) is 105 cm³/mol. The lowest BCUT2D eigenvalue weighted by Crippen LogP contribution is -2.33. The van der Waals surface area contributed by atoms with Crippen molar-refractivity contribution in [3.63, 3.8) is 0 Å². The van der Waals surface area contributed by atoms with Crippen molar-refractivity contribution in [1.29, 1.82) is 0 Å². The molecule has 0 aliphatic heterocycles. The molecular weight excluding hydrogens is 326 g/mol. The molecule has 0 bridgehead atoms. The van der Waals surface area contributed by atoms with Crippen molar-refractivity contribution in [2.75, 3.05) is 30.9 Å². The Bertz CT molecular complexity index is 663. The van der Waals surface area contributed by atoms with Crippen LogP contribution < -0.4 is 10.2 Å². The Morgan fingerprint density at radius 1 is 1.12 bits per heavy atom. The lowest BCUT2D eigenvalue weighted by molar-refractivity contribution is -0.133. The highest BCUT2D eigenvalue weighted by molar-refractivity contribution is 5.93. The molecule has 2 amide bonds. The SMILES string of the molecule is CCCN(Cc1cc(NC(=O)C2CCC2)ccc1N(C)C)C(=O)C1CC1. The normalized spacial score (nSPS) is 16.7. The molecule has 5 heteroatoms. The summed E-state index contributed by atoms with van der Waals surface area (Å²) in [5, 5.41) is 3.06. The van der Waals surface area contributed by atoms with E-state index in [0.717, 1.165) is 62.0 Å². The first-order valence-electron chi connectivity index (χ1n) is 9.89. The second kappa shape index (κ2) is 8.11. The lowest BCUT2D eigenvalue weighted by atomic mass is 9.85. The van der Waals surface area contributed by atoms with Gasteiger partial charge in [0.25, 0.3) is 0 Å². The van der Waals surface area contributed by atoms with Gasteiger partial charge in [-0.05, 0) is 55.9 Å². The Balaban J connectivity index is 1.78. The van der Waals surface area contributed by atoms with E-state index >= 15 is 0 Å². The fourth-order valence-corrected chi connectivity index (χ4v) is 3.47. The number of hydrogen-bond acceptors (Lipinski definition) is 3. The quantitative estimate of drug-likeness (QED) is 0.773. The van der Waals surface area contributed by atoms with Crippen LogP contribution in [0.2, 0.25) is 0 Å². The predicted octanol–water partition coefficient (Wildman–Crippen LogP) is 3.64. The number of hydrogen-bond donors (Lipinski definition) is 1. The van der Waals surface area contributed by atoms with Crippen molar-refractivity contribution >= 4 is 23.2 Å². The molecule has 0 heterocycles. The maximum atomic E-state index is 12.6. The van der Waals surface area contributed by atoms with Gasteiger partial charge in [-0.3, -0.25) is 9.59 Å². The van der Waals surface area contributed by atoms with Crippen LogP contribution >= 0.6 is 0 Å². The molecule has 2 aliphatic carbocycles. The molecule has 5 nitrogen and oxygen atoms in total. The molecule has 1 N–H and O–H groups in total. The molecule has 0 atom stereocenters. The number of anilines is 2. The van der Waals surface area contributed by atoms with Crippen LogP contribution in [-0.2, 0) is 16.1 Å². The van der Waals surface area contributed by atoms with Crippen LogP contribution in [0.1, 0.15) is 51.0 Å². The number of rotatable bonds is 8. The molecule has 0 spiro atoms. The standard InChI is InChI=1S/C21H31N3O2/c1-4-12-24(21(26)16-8-9-16)14-17-13-18(10-11-19(17)23(2)3)22-20(25)15-6-5-7-15/h10-11,13,15-16H,4-9,12,14H2,1-3H3,(H,22,25). The number of carbonyl (C=O) groups excluding carboxylic acids is 2. The van der Waals surface area contributed by atoms with Gasteiger partial charge < -0.3 is 15.1 Å². The van der Waals surface area contributed by atoms with Gasteiger partial charge >= 0.3 is 0 Å². The van der Waals surface area contributed by atoms with Crippen LogP contribution in [-0.4, -0.2) is 37.4 Å². The summed E-state index contributed by atoms with van der Waals surface area (Å²) in [6.45, 7) is 3.49. The Labute approximate surface area is 156 Å². The molecule has 0 aromatic heterocycles. The van der Waals surface area contributed by atoms with Crippen LogP contribution in [0.5, 0.6) is 0 Å². The van der Waals surface area contributed by atoms with E-state index in [-0.39, 0.29) is 23.7 Å². The number of nitrogens with one attached hydrogen (secondary N) is 1. The minimum Gasteiger partial charge on any atom is -0.377 e. The molecule has 1 aromatic rings. The zero-order valence-corrected chi connectivity index (χ0v) is 16.3. The lowest BCUT2D eigenvalue weighted by Gasteiger charge is -2.27. The first kappa shape index (κ1) is 18.7. The van der Waals surface area contributed by atoms with Gasteiger partial charge in [-0.1, -0.05) is 13.3 Å². The fraction of sp³-hybridized carbons (Fsp3) is 0.619. The maximum Gasteiger partial charge on any atom is 0.227 e. The maximum absolute atomic E-state index is 12.6. The van der Waals surface area contributed by atoms with Crippen molar-refractivity contribution in [3.8, 4) is 0 Å². The van der Waals surface area contributed by atoms with Gasteiger partial charge in [-0.15, -0.1) is 0 Å². The summed E-state index contributed by atoms with van der Waals surface area (Å²) in [7, 11) is 4.02. The summed E-state index contributed by atoms with van der Waals surface area (Å²) < 4.78 is 0. The zero-order chi connectivity index (χ0) is 18.7. The molecule has 0 saturated heterocycles. The third-order valence-electron chi connectivity index (χ3n) is 5.40. The Morgan fingerprint density at radius 2 is 1.85 bits per heavy atom. The van der Waals surface area contributed by atoms with Crippen molar-refractivity contribution in [2.24, 2.45) is 11.8 Å². The van der Waals surface area contributed by atoms with E-state index < -0.39 is 0 Å². The van der Waals surface area contributed by atoms with E-state index in [1.165, 1.54) is 0 Å². The van der Waals surface area contributed by atoms with Crippen LogP contribution in [0.15, 0.2) is 18.2 Å². The summed E-state index contributed by atoms with van der Waals surface area (Å²) in [6.07, 6.45) is 6.14. The van der Waals surface area contributed by atoms with E-state index in [1.807, 2.05) is 37.2 Å². The number of nitrogens with zero attached hydrogens (tertiary/aromatic N) is 2. The Kier molecular flexibility index (Phi) is 5.84. The summed E-state index contributed by atoms with van der Waals surface area (Å²) in [5.41, 5.74) is 3.01. The van der Waals surface area contributed by atoms with Gasteiger partial charge in [0.05, 0.1) is 0 Å². The highest BCUT2D eigenvalue weighted by atomic mass is 16.2. The largest absolute Gasteiger partial charge is 0.377 e. The second-order valence-corrected chi connectivity index (χ2v) is 7.89. The average molecular weight is 357 g/mol. The molecule has 0 radical (unpaired) electrons. The van der Waals surface area contributed by atoms with Gasteiger partial charge in [0, 0.05) is 50.4 Å². The van der Waals surface area contributed by atoms with Gasteiger partial charge in [0.15, 0.2) is 0 Å². The van der Waals surface area contributed by atoms with E-state index in [9.17, 15) is 9.59 Å². The van der Waals surface area contributed by atoms with Gasteiger partial charge in [0.1, 0.15) is 0 Å². The number of carbonyl (C=O) groups is 2. The zero-order valence-electron chi connectivity index (χ0n) is 16.3. The van der Waals surface area contributed by atoms with Crippen LogP contribution in [0.3, 0.4) is 0 Å². The highest BCUT2D eigenvalue weighted by Gasteiger charge is 2.33. The summed E-state index contributed by atoms with van der Waals surface area (Å²) in [4.78, 5) is 28.9. The molecule has 2 saturated carbocycles. The van der Waals surface area contributed by atoms with Gasteiger partial charge in [0.2, 0.25) is 11.8 Å². The fourth-order valence-electron chi connectivity index (χ4n) is 3.47. The molecule has 2 aliphatic rings. The van der Waals surface area contributed by atoms with Crippen LogP contribution in [0, 0.1) is 11.8 Å². The van der Waals surface area contributed by atoms with E-state index in [4.69, 9.17) is 0 Å². The molecule has 1 aromatic carbocycles. The topological polar surface area (TPSA) is 52.7 Å². The summed E-state index contributed by atoms with van der Waals surface area (Å²) in [6, 6.07) is 6.04. The highest BCUT2D eigenvalue weighted by Crippen LogP contribution is 2.33. The van der Waals surface area contributed by atoms with E-state index in [0.29, 0.717) is 6.54 Å². The second-order valence-electron chi connectivity index (χ2n) is 7.89. The molecular formula is C21H31N3O2. The first-order chi connectivity index (χ1) is 12.5. The smallest absolute Gasteiger partial charge is 0.227 e. The summed E-state index contributed by atoms with van der Waals surface area (Å²) in [5.74, 6) is 0.797. The molecule has 3 rings (SSSR count). The van der Waals surface area contributed by atoms with E-state index in [1.54, 1.807) is 0 Å². The summed E-state index contributed by atoms with van der Waals surface area (Å²) >= 11 is 0. The van der Waals surface area contributed by atoms with Crippen LogP contribution in [0.4, 0.5) is 11.4 Å². The Hall–Kier alpha value is -2.04. The average Bonchev–Trinajstić information content (AvgIpc) is 3.36. The minimum absolute atomic E-state index is 0.124. The van der Waals surface area contributed by atoms with Gasteiger partial charge in [-0.25, -0.2) is 0 Å². The number of amides is 2. The third kappa shape index (κ3) is 4.37. The monoisotopic (exact) mass is 357 g/mol. The Morgan fingerprint density at radius 3 is 2.38 bits per heavy atom. The van der Waals surface area contributed by atoms with E-state index in [2.05, 4.69) is 17.1 Å².